The standard InChI is InChI=1S/C15H34N2O2/c1-7-14(8-2)17(9-10-19-6)13(3)11-15(4,12-18)16-5/h13-14,16,18H,7-12H2,1-6H3. The molecule has 4 nitrogen and oxygen atoms in total. The Morgan fingerprint density at radius 3 is 2.26 bits per heavy atom. The van der Waals surface area contributed by atoms with E-state index in [-0.39, 0.29) is 12.1 Å². The summed E-state index contributed by atoms with van der Waals surface area (Å²) < 4.78 is 5.24. The van der Waals surface area contributed by atoms with Gasteiger partial charge in [0.05, 0.1) is 13.2 Å². The monoisotopic (exact) mass is 274 g/mol. The van der Waals surface area contributed by atoms with Crippen LogP contribution >= 0.6 is 0 Å². The fraction of sp³-hybridized carbons (Fsp3) is 1.00. The first kappa shape index (κ1) is 18.8. The molecule has 2 N–H and O–H groups in total. The summed E-state index contributed by atoms with van der Waals surface area (Å²) in [6.07, 6.45) is 3.24. The van der Waals surface area contributed by atoms with E-state index in [1.54, 1.807) is 7.11 Å². The Bertz CT molecular complexity index is 216. The van der Waals surface area contributed by atoms with Crippen molar-refractivity contribution >= 4 is 0 Å². The molecule has 19 heavy (non-hydrogen) atoms. The molecule has 0 aliphatic heterocycles. The highest BCUT2D eigenvalue weighted by Gasteiger charge is 2.29. The fourth-order valence-corrected chi connectivity index (χ4v) is 2.73. The van der Waals surface area contributed by atoms with Crippen LogP contribution in [0.5, 0.6) is 0 Å². The molecule has 0 aromatic rings. The molecule has 0 bridgehead atoms. The van der Waals surface area contributed by atoms with Crippen molar-refractivity contribution in [2.45, 2.75) is 64.6 Å². The van der Waals surface area contributed by atoms with E-state index in [1.807, 2.05) is 7.05 Å². The molecule has 0 aliphatic carbocycles. The molecule has 0 aliphatic rings. The first-order valence-electron chi connectivity index (χ1n) is 7.52. The largest absolute Gasteiger partial charge is 0.394 e. The van der Waals surface area contributed by atoms with Crippen LogP contribution in [0.4, 0.5) is 0 Å². The second kappa shape index (κ2) is 9.70. The predicted octanol–water partition coefficient (Wildman–Crippen LogP) is 1.87. The Kier molecular flexibility index (Phi) is 9.62. The topological polar surface area (TPSA) is 44.7 Å². The Morgan fingerprint density at radius 2 is 1.89 bits per heavy atom. The highest BCUT2D eigenvalue weighted by atomic mass is 16.5. The number of aliphatic hydroxyl groups is 1. The maximum atomic E-state index is 9.54. The molecule has 0 rings (SSSR count). The molecule has 0 radical (unpaired) electrons. The van der Waals surface area contributed by atoms with Crippen LogP contribution in [0.15, 0.2) is 0 Å². The number of nitrogens with one attached hydrogen (secondary N) is 1. The molecule has 0 aromatic carbocycles. The van der Waals surface area contributed by atoms with Crippen molar-refractivity contribution in [3.05, 3.63) is 0 Å². The number of hydrogen-bond acceptors (Lipinski definition) is 4. The van der Waals surface area contributed by atoms with Crippen LogP contribution in [0.2, 0.25) is 0 Å². The quantitative estimate of drug-likeness (QED) is 0.604. The van der Waals surface area contributed by atoms with Crippen LogP contribution in [-0.2, 0) is 4.74 Å². The number of likely N-dealkylation sites (N-methyl/N-ethyl adjacent to an activating group) is 1. The molecule has 0 saturated carbocycles. The predicted molar refractivity (Wildman–Crippen MR) is 81.6 cm³/mol. The van der Waals surface area contributed by atoms with Gasteiger partial charge >= 0.3 is 0 Å². The lowest BCUT2D eigenvalue weighted by Gasteiger charge is -2.40. The molecule has 0 spiro atoms. The minimum absolute atomic E-state index is 0.162. The van der Waals surface area contributed by atoms with Crippen molar-refractivity contribution in [3.63, 3.8) is 0 Å². The van der Waals surface area contributed by atoms with Gasteiger partial charge in [-0.3, -0.25) is 4.90 Å². The lowest BCUT2D eigenvalue weighted by molar-refractivity contribution is 0.0601. The van der Waals surface area contributed by atoms with Gasteiger partial charge in [0.2, 0.25) is 0 Å². The zero-order valence-electron chi connectivity index (χ0n) is 13.7. The van der Waals surface area contributed by atoms with Crippen LogP contribution in [-0.4, -0.2) is 61.5 Å². The third kappa shape index (κ3) is 6.21. The number of aliphatic hydroxyl groups excluding tert-OH is 1. The van der Waals surface area contributed by atoms with Gasteiger partial charge in [-0.2, -0.15) is 0 Å². The van der Waals surface area contributed by atoms with E-state index in [4.69, 9.17) is 4.74 Å². The van der Waals surface area contributed by atoms with E-state index in [1.165, 1.54) is 0 Å². The summed E-state index contributed by atoms with van der Waals surface area (Å²) in [5.41, 5.74) is -0.212. The SMILES string of the molecule is CCC(CC)N(CCOC)C(C)CC(C)(CO)NC. The molecule has 0 amide bonds. The van der Waals surface area contributed by atoms with E-state index >= 15 is 0 Å². The van der Waals surface area contributed by atoms with Crippen LogP contribution in [0, 0.1) is 0 Å². The molecule has 0 fully saturated rings. The minimum atomic E-state index is -0.212. The Labute approximate surface area is 119 Å². The van der Waals surface area contributed by atoms with Crippen molar-refractivity contribution in [2.24, 2.45) is 0 Å². The molecular weight excluding hydrogens is 240 g/mol. The summed E-state index contributed by atoms with van der Waals surface area (Å²) in [7, 11) is 3.67. The molecule has 4 heteroatoms. The van der Waals surface area contributed by atoms with Crippen LogP contribution in [0.25, 0.3) is 0 Å². The third-order valence-electron chi connectivity index (χ3n) is 4.23. The minimum Gasteiger partial charge on any atom is -0.394 e. The first-order chi connectivity index (χ1) is 8.97. The second-order valence-corrected chi connectivity index (χ2v) is 5.72. The van der Waals surface area contributed by atoms with Crippen molar-refractivity contribution in [3.8, 4) is 0 Å². The molecule has 2 atom stereocenters. The van der Waals surface area contributed by atoms with Gasteiger partial charge in [0.25, 0.3) is 0 Å². The molecule has 116 valence electrons. The lowest BCUT2D eigenvalue weighted by Crippen LogP contribution is -2.51. The van der Waals surface area contributed by atoms with E-state index in [2.05, 4.69) is 37.9 Å². The molecule has 2 unspecified atom stereocenters. The van der Waals surface area contributed by atoms with E-state index < -0.39 is 0 Å². The van der Waals surface area contributed by atoms with Crippen LogP contribution in [0.3, 0.4) is 0 Å². The Balaban J connectivity index is 4.73. The van der Waals surface area contributed by atoms with Gasteiger partial charge in [-0.25, -0.2) is 0 Å². The molecule has 0 heterocycles. The maximum Gasteiger partial charge on any atom is 0.0611 e. The Morgan fingerprint density at radius 1 is 1.32 bits per heavy atom. The van der Waals surface area contributed by atoms with Gasteiger partial charge in [-0.15, -0.1) is 0 Å². The normalized spacial score (nSPS) is 16.9. The van der Waals surface area contributed by atoms with Crippen LogP contribution in [0.1, 0.15) is 47.0 Å². The summed E-state index contributed by atoms with van der Waals surface area (Å²) in [4.78, 5) is 2.52. The smallest absolute Gasteiger partial charge is 0.0611 e. The van der Waals surface area contributed by atoms with Gasteiger partial charge in [0, 0.05) is 31.3 Å². The van der Waals surface area contributed by atoms with Gasteiger partial charge in [-0.05, 0) is 40.2 Å². The average molecular weight is 274 g/mol. The van der Waals surface area contributed by atoms with Crippen molar-refractivity contribution in [2.75, 3.05) is 33.9 Å². The highest BCUT2D eigenvalue weighted by molar-refractivity contribution is 4.87. The highest BCUT2D eigenvalue weighted by Crippen LogP contribution is 2.20. The number of methoxy groups -OCH3 is 1. The van der Waals surface area contributed by atoms with E-state index in [0.717, 1.165) is 32.4 Å². The van der Waals surface area contributed by atoms with Crippen molar-refractivity contribution in [1.29, 1.82) is 0 Å². The van der Waals surface area contributed by atoms with Crippen molar-refractivity contribution < 1.29 is 9.84 Å². The number of rotatable bonds is 11. The fourth-order valence-electron chi connectivity index (χ4n) is 2.73. The van der Waals surface area contributed by atoms with Gasteiger partial charge in [-0.1, -0.05) is 13.8 Å². The average Bonchev–Trinajstić information content (AvgIpc) is 2.43. The number of ether oxygens (including phenoxy) is 1. The van der Waals surface area contributed by atoms with E-state index in [0.29, 0.717) is 12.1 Å². The second-order valence-electron chi connectivity index (χ2n) is 5.72. The number of nitrogens with zero attached hydrogens (tertiary/aromatic N) is 1. The first-order valence-corrected chi connectivity index (χ1v) is 7.52. The van der Waals surface area contributed by atoms with Crippen molar-refractivity contribution in [1.82, 2.24) is 10.2 Å². The summed E-state index contributed by atoms with van der Waals surface area (Å²) in [5, 5.41) is 12.8. The summed E-state index contributed by atoms with van der Waals surface area (Å²) in [6, 6.07) is 1.01. The van der Waals surface area contributed by atoms with Crippen LogP contribution < -0.4 is 5.32 Å². The zero-order valence-corrected chi connectivity index (χ0v) is 13.7. The summed E-state index contributed by atoms with van der Waals surface area (Å²) >= 11 is 0. The van der Waals surface area contributed by atoms with Gasteiger partial charge in [0.15, 0.2) is 0 Å². The maximum absolute atomic E-state index is 9.54. The summed E-state index contributed by atoms with van der Waals surface area (Å²) in [5.74, 6) is 0. The van der Waals surface area contributed by atoms with Gasteiger partial charge in [0.1, 0.15) is 0 Å². The molecule has 0 aromatic heterocycles. The zero-order chi connectivity index (χ0) is 14.9. The third-order valence-corrected chi connectivity index (χ3v) is 4.23. The molecule has 0 saturated heterocycles. The van der Waals surface area contributed by atoms with E-state index in [9.17, 15) is 5.11 Å². The van der Waals surface area contributed by atoms with Gasteiger partial charge < -0.3 is 15.2 Å². The lowest BCUT2D eigenvalue weighted by atomic mass is 9.92. The number of hydrogen-bond donors (Lipinski definition) is 2. The summed E-state index contributed by atoms with van der Waals surface area (Å²) in [6.45, 7) is 10.7. The molecular formula is C15H34N2O2. The Hall–Kier alpha value is -0.160.